The smallest absolute Gasteiger partial charge is 0.331 e. The first-order valence-electron chi connectivity index (χ1n) is 7.95. The number of nitrogens with zero attached hydrogens (tertiary/aromatic N) is 1. The third kappa shape index (κ3) is 4.94. The minimum Gasteiger partial charge on any atom is -0.452 e. The van der Waals surface area contributed by atoms with Crippen molar-refractivity contribution in [2.45, 2.75) is 19.8 Å². The third-order valence-corrected chi connectivity index (χ3v) is 4.18. The highest BCUT2D eigenvalue weighted by molar-refractivity contribution is 5.89. The zero-order valence-electron chi connectivity index (χ0n) is 13.7. The van der Waals surface area contributed by atoms with Crippen LogP contribution in [0.2, 0.25) is 0 Å². The number of benzene rings is 1. The lowest BCUT2D eigenvalue weighted by Gasteiger charge is -2.30. The van der Waals surface area contributed by atoms with E-state index in [-0.39, 0.29) is 24.3 Å². The Hall–Kier alpha value is -2.63. The Labute approximate surface area is 141 Å². The van der Waals surface area contributed by atoms with Crippen LogP contribution in [-0.4, -0.2) is 42.4 Å². The second kappa shape index (κ2) is 8.29. The molecule has 0 aromatic heterocycles. The van der Waals surface area contributed by atoms with Crippen molar-refractivity contribution >= 4 is 23.9 Å². The van der Waals surface area contributed by atoms with Crippen LogP contribution in [0.1, 0.15) is 24.0 Å². The van der Waals surface area contributed by atoms with E-state index < -0.39 is 5.97 Å². The molecule has 6 nitrogen and oxygen atoms in total. The average molecular weight is 330 g/mol. The fraction of sp³-hybridized carbons (Fsp3) is 0.389. The summed E-state index contributed by atoms with van der Waals surface area (Å²) in [4.78, 5) is 36.4. The highest BCUT2D eigenvalue weighted by atomic mass is 16.5. The first-order chi connectivity index (χ1) is 11.5. The van der Waals surface area contributed by atoms with Crippen molar-refractivity contribution in [2.75, 3.05) is 19.7 Å². The first kappa shape index (κ1) is 17.7. The molecule has 0 atom stereocenters. The van der Waals surface area contributed by atoms with E-state index >= 15 is 0 Å². The largest absolute Gasteiger partial charge is 0.452 e. The number of carbonyl (C=O) groups excluding carboxylic acids is 3. The average Bonchev–Trinajstić information content (AvgIpc) is 2.59. The molecule has 0 saturated carbocycles. The van der Waals surface area contributed by atoms with E-state index in [0.717, 1.165) is 11.1 Å². The van der Waals surface area contributed by atoms with Crippen LogP contribution in [0, 0.1) is 12.8 Å². The second-order valence-electron chi connectivity index (χ2n) is 5.86. The zero-order chi connectivity index (χ0) is 17.5. The van der Waals surface area contributed by atoms with E-state index in [4.69, 9.17) is 10.5 Å². The summed E-state index contributed by atoms with van der Waals surface area (Å²) in [6.07, 6.45) is 4.10. The summed E-state index contributed by atoms with van der Waals surface area (Å²) < 4.78 is 4.98. The number of amides is 2. The summed E-state index contributed by atoms with van der Waals surface area (Å²) in [6.45, 7) is 2.58. The quantitative estimate of drug-likeness (QED) is 0.650. The molecule has 0 radical (unpaired) electrons. The molecule has 2 rings (SSSR count). The molecule has 6 heteroatoms. The molecule has 24 heavy (non-hydrogen) atoms. The van der Waals surface area contributed by atoms with Crippen LogP contribution >= 0.6 is 0 Å². The molecule has 0 spiro atoms. The summed E-state index contributed by atoms with van der Waals surface area (Å²) in [5.41, 5.74) is 7.24. The van der Waals surface area contributed by atoms with Crippen LogP contribution in [0.15, 0.2) is 30.3 Å². The lowest BCUT2D eigenvalue weighted by atomic mass is 9.96. The van der Waals surface area contributed by atoms with Crippen molar-refractivity contribution in [3.8, 4) is 0 Å². The first-order valence-corrected chi connectivity index (χ1v) is 7.95. The van der Waals surface area contributed by atoms with Gasteiger partial charge < -0.3 is 15.4 Å². The van der Waals surface area contributed by atoms with Crippen molar-refractivity contribution in [3.63, 3.8) is 0 Å². The van der Waals surface area contributed by atoms with Gasteiger partial charge in [0, 0.05) is 25.1 Å². The van der Waals surface area contributed by atoms with Crippen molar-refractivity contribution in [1.82, 2.24) is 4.90 Å². The molecule has 1 aromatic rings. The fourth-order valence-electron chi connectivity index (χ4n) is 2.62. The number of aryl methyl sites for hydroxylation is 1. The second-order valence-corrected chi connectivity index (χ2v) is 5.86. The molecule has 2 N–H and O–H groups in total. The van der Waals surface area contributed by atoms with Gasteiger partial charge in [-0.3, -0.25) is 9.59 Å². The van der Waals surface area contributed by atoms with Gasteiger partial charge in [-0.25, -0.2) is 4.79 Å². The molecule has 1 aromatic carbocycles. The Morgan fingerprint density at radius 1 is 1.25 bits per heavy atom. The van der Waals surface area contributed by atoms with Crippen molar-refractivity contribution in [1.29, 1.82) is 0 Å². The monoisotopic (exact) mass is 330 g/mol. The van der Waals surface area contributed by atoms with E-state index in [2.05, 4.69) is 0 Å². The van der Waals surface area contributed by atoms with Crippen LogP contribution in [-0.2, 0) is 19.1 Å². The lowest BCUT2D eigenvalue weighted by molar-refractivity contribution is -0.149. The predicted molar refractivity (Wildman–Crippen MR) is 89.7 cm³/mol. The maximum Gasteiger partial charge on any atom is 0.331 e. The number of piperidine rings is 1. The Balaban J connectivity index is 1.77. The Bertz CT molecular complexity index is 646. The van der Waals surface area contributed by atoms with E-state index in [1.165, 1.54) is 6.08 Å². The van der Waals surface area contributed by atoms with Gasteiger partial charge in [0.05, 0.1) is 0 Å². The van der Waals surface area contributed by atoms with Gasteiger partial charge in [0.25, 0.3) is 5.91 Å². The summed E-state index contributed by atoms with van der Waals surface area (Å²) in [5, 5.41) is 0. The molecule has 1 fully saturated rings. The minimum atomic E-state index is -0.557. The van der Waals surface area contributed by atoms with Crippen molar-refractivity contribution in [3.05, 3.63) is 41.5 Å². The van der Waals surface area contributed by atoms with Gasteiger partial charge in [-0.15, -0.1) is 0 Å². The SMILES string of the molecule is Cc1ccccc1/C=C/C(=O)OCC(=O)N1CCC(C(N)=O)CC1. The van der Waals surface area contributed by atoms with Gasteiger partial charge in [0.1, 0.15) is 0 Å². The highest BCUT2D eigenvalue weighted by Gasteiger charge is 2.26. The van der Waals surface area contributed by atoms with Crippen LogP contribution in [0.5, 0.6) is 0 Å². The number of esters is 1. The Morgan fingerprint density at radius 2 is 1.92 bits per heavy atom. The molecule has 1 aliphatic heterocycles. The van der Waals surface area contributed by atoms with Crippen LogP contribution in [0.3, 0.4) is 0 Å². The Kier molecular flexibility index (Phi) is 6.12. The topological polar surface area (TPSA) is 89.7 Å². The molecule has 1 aliphatic rings. The third-order valence-electron chi connectivity index (χ3n) is 4.18. The number of rotatable bonds is 5. The molecule has 0 aliphatic carbocycles. The number of primary amides is 1. The molecule has 128 valence electrons. The number of hydrogen-bond donors (Lipinski definition) is 1. The standard InChI is InChI=1S/C18H22N2O4/c1-13-4-2-3-5-14(13)6-7-17(22)24-12-16(21)20-10-8-15(9-11-20)18(19)23/h2-7,15H,8-12H2,1H3,(H2,19,23)/b7-6+. The zero-order valence-corrected chi connectivity index (χ0v) is 13.7. The van der Waals surface area contributed by atoms with Gasteiger partial charge in [0.2, 0.25) is 5.91 Å². The summed E-state index contributed by atoms with van der Waals surface area (Å²) in [5.74, 6) is -1.31. The number of likely N-dealkylation sites (tertiary alicyclic amines) is 1. The van der Waals surface area contributed by atoms with Gasteiger partial charge >= 0.3 is 5.97 Å². The van der Waals surface area contributed by atoms with Gasteiger partial charge in [-0.2, -0.15) is 0 Å². The van der Waals surface area contributed by atoms with E-state index in [1.54, 1.807) is 11.0 Å². The minimum absolute atomic E-state index is 0.173. The maximum absolute atomic E-state index is 12.0. The normalized spacial score (nSPS) is 15.5. The van der Waals surface area contributed by atoms with Crippen molar-refractivity contribution in [2.24, 2.45) is 11.7 Å². The van der Waals surface area contributed by atoms with Gasteiger partial charge in [-0.1, -0.05) is 24.3 Å². The lowest BCUT2D eigenvalue weighted by Crippen LogP contribution is -2.43. The summed E-state index contributed by atoms with van der Waals surface area (Å²) in [6, 6.07) is 7.65. The fourth-order valence-corrected chi connectivity index (χ4v) is 2.62. The number of nitrogens with two attached hydrogens (primary N) is 1. The molecule has 0 unspecified atom stereocenters. The van der Waals surface area contributed by atoms with Crippen LogP contribution < -0.4 is 5.73 Å². The van der Waals surface area contributed by atoms with Crippen molar-refractivity contribution < 1.29 is 19.1 Å². The molecule has 1 heterocycles. The molecule has 1 saturated heterocycles. The van der Waals surface area contributed by atoms with Gasteiger partial charge in [0.15, 0.2) is 6.61 Å². The van der Waals surface area contributed by atoms with E-state index in [0.29, 0.717) is 25.9 Å². The van der Waals surface area contributed by atoms with E-state index in [9.17, 15) is 14.4 Å². The summed E-state index contributed by atoms with van der Waals surface area (Å²) >= 11 is 0. The van der Waals surface area contributed by atoms with Gasteiger partial charge in [-0.05, 0) is 37.0 Å². The molecule has 2 amide bonds. The van der Waals surface area contributed by atoms with E-state index in [1.807, 2.05) is 31.2 Å². The Morgan fingerprint density at radius 3 is 2.54 bits per heavy atom. The number of ether oxygens (including phenoxy) is 1. The number of carbonyl (C=O) groups is 3. The molecular weight excluding hydrogens is 308 g/mol. The maximum atomic E-state index is 12.0. The number of hydrogen-bond acceptors (Lipinski definition) is 4. The molecular formula is C18H22N2O4. The predicted octanol–water partition coefficient (Wildman–Crippen LogP) is 1.28. The van der Waals surface area contributed by atoms with Crippen LogP contribution in [0.25, 0.3) is 6.08 Å². The van der Waals surface area contributed by atoms with Crippen LogP contribution in [0.4, 0.5) is 0 Å². The highest BCUT2D eigenvalue weighted by Crippen LogP contribution is 2.16. The summed E-state index contributed by atoms with van der Waals surface area (Å²) in [7, 11) is 0. The molecule has 0 bridgehead atoms.